The molecule has 0 aromatic heterocycles. The average molecular weight is 134 g/mol. The van der Waals surface area contributed by atoms with Crippen molar-refractivity contribution in [1.82, 2.24) is 0 Å². The fourth-order valence-corrected chi connectivity index (χ4v) is 0.444. The van der Waals surface area contributed by atoms with E-state index in [1.165, 1.54) is 5.57 Å². The summed E-state index contributed by atoms with van der Waals surface area (Å²) >= 11 is 0. The van der Waals surface area contributed by atoms with Gasteiger partial charge in [0.2, 0.25) is 0 Å². The lowest BCUT2D eigenvalue weighted by Gasteiger charge is -1.83. The van der Waals surface area contributed by atoms with Gasteiger partial charge in [-0.2, -0.15) is 0 Å². The van der Waals surface area contributed by atoms with Crippen LogP contribution in [0, 0.1) is 0 Å². The first-order valence-electron chi connectivity index (χ1n) is 3.35. The van der Waals surface area contributed by atoms with Crippen molar-refractivity contribution in [3.05, 3.63) is 41.7 Å². The molecule has 0 aliphatic carbocycles. The number of hydrogen-bond donors (Lipinski definition) is 0. The molecule has 0 unspecified atom stereocenters. The first-order chi connectivity index (χ1) is 4.66. The standard InChI is InChI=1S/C10H14/c1-5-10(4)8-6-7-9(2)3/h6-8H,1H2,2-4H3. The lowest BCUT2D eigenvalue weighted by Crippen LogP contribution is -1.62. The summed E-state index contributed by atoms with van der Waals surface area (Å²) in [5.74, 6) is 0. The minimum atomic E-state index is 1.07. The smallest absolute Gasteiger partial charge is 0.00976 e. The van der Waals surface area contributed by atoms with E-state index in [9.17, 15) is 0 Å². The van der Waals surface area contributed by atoms with Gasteiger partial charge in [0.25, 0.3) is 0 Å². The molecule has 0 aliphatic rings. The van der Waals surface area contributed by atoms with Gasteiger partial charge in [0.1, 0.15) is 0 Å². The third-order valence-electron chi connectivity index (χ3n) is 1.05. The van der Waals surface area contributed by atoms with Crippen LogP contribution in [0.15, 0.2) is 41.7 Å². The van der Waals surface area contributed by atoms with Crippen LogP contribution in [0.25, 0.3) is 0 Å². The van der Waals surface area contributed by atoms with E-state index in [1.54, 1.807) is 0 Å². The number of hydrogen-bond acceptors (Lipinski definition) is 0. The summed E-state index contributed by atoms with van der Waals surface area (Å²) in [6, 6.07) is 0. The molecule has 0 saturated carbocycles. The van der Waals surface area contributed by atoms with Crippen molar-refractivity contribution in [2.75, 3.05) is 0 Å². The average Bonchev–Trinajstić information content (AvgIpc) is 1.87. The highest BCUT2D eigenvalue weighted by molar-refractivity contribution is 5.20. The highest BCUT2D eigenvalue weighted by Crippen LogP contribution is 1.94. The highest BCUT2D eigenvalue weighted by atomic mass is 13.8. The van der Waals surface area contributed by atoms with Crippen molar-refractivity contribution in [2.45, 2.75) is 20.8 Å². The molecule has 0 amide bonds. The van der Waals surface area contributed by atoms with Crippen molar-refractivity contribution in [2.24, 2.45) is 0 Å². The van der Waals surface area contributed by atoms with Crippen molar-refractivity contribution in [3.63, 3.8) is 0 Å². The van der Waals surface area contributed by atoms with E-state index in [0.29, 0.717) is 0 Å². The third-order valence-corrected chi connectivity index (χ3v) is 1.05. The van der Waals surface area contributed by atoms with E-state index < -0.39 is 0 Å². The fraction of sp³-hybridized carbons (Fsp3) is 0.300. The van der Waals surface area contributed by atoms with Gasteiger partial charge in [-0.1, -0.05) is 30.4 Å². The van der Waals surface area contributed by atoms with Gasteiger partial charge in [-0.25, -0.2) is 0 Å². The van der Waals surface area contributed by atoms with Crippen LogP contribution in [0.5, 0.6) is 0 Å². The lowest BCUT2D eigenvalue weighted by molar-refractivity contribution is 1.39. The van der Waals surface area contributed by atoms with Crippen LogP contribution in [-0.2, 0) is 0 Å². The second-order valence-corrected chi connectivity index (χ2v) is 2.46. The first kappa shape index (κ1) is 9.00. The Morgan fingerprint density at radius 3 is 2.30 bits per heavy atom. The van der Waals surface area contributed by atoms with E-state index in [4.69, 9.17) is 0 Å². The quantitative estimate of drug-likeness (QED) is 0.401. The molecule has 0 radical (unpaired) electrons. The van der Waals surface area contributed by atoms with Crippen molar-refractivity contribution in [3.8, 4) is 0 Å². The summed E-state index contributed by atoms with van der Waals surface area (Å²) in [6.07, 6.45) is 6.05. The Bertz CT molecular complexity index is 194. The molecule has 0 aromatic rings. The van der Waals surface area contributed by atoms with Gasteiger partial charge in [-0.15, -0.1) is 5.73 Å². The molecule has 0 spiro atoms. The molecule has 0 aromatic carbocycles. The van der Waals surface area contributed by atoms with Gasteiger partial charge in [0.15, 0.2) is 0 Å². The van der Waals surface area contributed by atoms with Crippen LogP contribution in [0.4, 0.5) is 0 Å². The Kier molecular flexibility index (Phi) is 4.36. The summed E-state index contributed by atoms with van der Waals surface area (Å²) in [7, 11) is 0. The molecule has 0 nitrogen and oxygen atoms in total. The zero-order valence-corrected chi connectivity index (χ0v) is 6.94. The third kappa shape index (κ3) is 5.14. The summed E-state index contributed by atoms with van der Waals surface area (Å²) in [5, 5.41) is 0. The molecule has 10 heavy (non-hydrogen) atoms. The molecule has 0 saturated heterocycles. The molecule has 0 fully saturated rings. The Labute approximate surface area is 63.3 Å². The largest absolute Gasteiger partial charge is 0.125 e. The molecule has 54 valence electrons. The molecule has 0 atom stereocenters. The number of allylic oxidation sites excluding steroid dienone is 5. The monoisotopic (exact) mass is 134 g/mol. The van der Waals surface area contributed by atoms with Crippen LogP contribution in [-0.4, -0.2) is 0 Å². The molecular formula is C10H14. The van der Waals surface area contributed by atoms with Crippen LogP contribution in [0.1, 0.15) is 20.8 Å². The zero-order chi connectivity index (χ0) is 7.98. The first-order valence-corrected chi connectivity index (χ1v) is 3.35. The van der Waals surface area contributed by atoms with Crippen LogP contribution < -0.4 is 0 Å². The van der Waals surface area contributed by atoms with Gasteiger partial charge in [0, 0.05) is 0 Å². The summed E-state index contributed by atoms with van der Waals surface area (Å²) in [5.41, 5.74) is 5.16. The topological polar surface area (TPSA) is 0 Å². The maximum Gasteiger partial charge on any atom is -0.00976 e. The molecule has 0 aliphatic heterocycles. The van der Waals surface area contributed by atoms with E-state index >= 15 is 0 Å². The van der Waals surface area contributed by atoms with E-state index in [-0.39, 0.29) is 0 Å². The molecule has 0 bridgehead atoms. The summed E-state index contributed by atoms with van der Waals surface area (Å²) < 4.78 is 0. The van der Waals surface area contributed by atoms with Gasteiger partial charge in [-0.3, -0.25) is 0 Å². The Morgan fingerprint density at radius 2 is 1.90 bits per heavy atom. The molecule has 0 heteroatoms. The Balaban J connectivity index is 4.02. The normalized spacial score (nSPS) is 9.10. The Hall–Kier alpha value is -1.00. The SMILES string of the molecule is C=C=C(C)C=CC=C(C)C. The fourth-order valence-electron chi connectivity index (χ4n) is 0.444. The second-order valence-electron chi connectivity index (χ2n) is 2.46. The van der Waals surface area contributed by atoms with E-state index in [1.807, 2.05) is 19.1 Å². The van der Waals surface area contributed by atoms with E-state index in [2.05, 4.69) is 32.2 Å². The summed E-state index contributed by atoms with van der Waals surface area (Å²) in [6.45, 7) is 9.63. The van der Waals surface area contributed by atoms with Crippen LogP contribution in [0.3, 0.4) is 0 Å². The lowest BCUT2D eigenvalue weighted by atomic mass is 10.2. The van der Waals surface area contributed by atoms with Gasteiger partial charge >= 0.3 is 0 Å². The van der Waals surface area contributed by atoms with Crippen LogP contribution in [0.2, 0.25) is 0 Å². The molecule has 0 rings (SSSR count). The summed E-state index contributed by atoms with van der Waals surface area (Å²) in [4.78, 5) is 0. The van der Waals surface area contributed by atoms with Gasteiger partial charge in [-0.05, 0) is 26.3 Å². The minimum absolute atomic E-state index is 1.07. The maximum absolute atomic E-state index is 3.52. The van der Waals surface area contributed by atoms with Gasteiger partial charge in [0.05, 0.1) is 0 Å². The van der Waals surface area contributed by atoms with E-state index in [0.717, 1.165) is 5.57 Å². The number of rotatable bonds is 2. The molecular weight excluding hydrogens is 120 g/mol. The van der Waals surface area contributed by atoms with Crippen molar-refractivity contribution >= 4 is 0 Å². The van der Waals surface area contributed by atoms with Crippen LogP contribution >= 0.6 is 0 Å². The minimum Gasteiger partial charge on any atom is -0.125 e. The van der Waals surface area contributed by atoms with Crippen molar-refractivity contribution < 1.29 is 0 Å². The highest BCUT2D eigenvalue weighted by Gasteiger charge is 1.73. The predicted octanol–water partition coefficient (Wildman–Crippen LogP) is 3.24. The maximum atomic E-state index is 3.52. The zero-order valence-electron chi connectivity index (χ0n) is 6.94. The predicted molar refractivity (Wildman–Crippen MR) is 46.9 cm³/mol. The second kappa shape index (κ2) is 4.84. The molecule has 0 N–H and O–H groups in total. The Morgan fingerprint density at radius 1 is 1.30 bits per heavy atom. The molecule has 0 heterocycles. The van der Waals surface area contributed by atoms with Crippen molar-refractivity contribution in [1.29, 1.82) is 0 Å². The van der Waals surface area contributed by atoms with Gasteiger partial charge < -0.3 is 0 Å².